The van der Waals surface area contributed by atoms with E-state index in [1.165, 1.54) is 0 Å². The zero-order valence-corrected chi connectivity index (χ0v) is 4.64. The topological polar surface area (TPSA) is 33.4 Å². The molecule has 1 aromatic rings. The van der Waals surface area contributed by atoms with Gasteiger partial charge in [-0.05, 0) is 0 Å². The van der Waals surface area contributed by atoms with Crippen molar-refractivity contribution in [2.75, 3.05) is 0 Å². The van der Waals surface area contributed by atoms with Crippen molar-refractivity contribution in [1.82, 2.24) is 0 Å². The van der Waals surface area contributed by atoms with E-state index in [0.29, 0.717) is 0 Å². The number of hydrogen-bond acceptors (Lipinski definition) is 2. The van der Waals surface area contributed by atoms with Crippen LogP contribution in [0.25, 0.3) is 0 Å². The lowest BCUT2D eigenvalue weighted by molar-refractivity contribution is -0.154. The van der Waals surface area contributed by atoms with E-state index in [1.807, 2.05) is 0 Å². The third-order valence-electron chi connectivity index (χ3n) is 0.902. The average Bonchev–Trinajstić information content (AvgIpc) is 2.11. The van der Waals surface area contributed by atoms with Gasteiger partial charge in [0.1, 0.15) is 0 Å². The maximum Gasteiger partial charge on any atom is 0.453 e. The fraction of sp³-hybridized carbons (Fsp3) is 0.200. The van der Waals surface area contributed by atoms with Gasteiger partial charge in [0.15, 0.2) is 5.75 Å². The van der Waals surface area contributed by atoms with Crippen molar-refractivity contribution in [3.05, 3.63) is 18.1 Å². The molecule has 0 atom stereocenters. The summed E-state index contributed by atoms with van der Waals surface area (Å²) >= 11 is 0. The summed E-state index contributed by atoms with van der Waals surface area (Å²) < 4.78 is 38.8. The standard InChI is InChI=1S/C5H3F3O2/c6-5(7,8)4-3(9)1-2-10-4/h1-2,9H. The predicted octanol–water partition coefficient (Wildman–Crippen LogP) is 2.00. The molecular weight excluding hydrogens is 149 g/mol. The molecule has 1 aromatic heterocycles. The van der Waals surface area contributed by atoms with E-state index in [4.69, 9.17) is 5.11 Å². The Morgan fingerprint density at radius 1 is 1.40 bits per heavy atom. The molecule has 0 radical (unpaired) electrons. The summed E-state index contributed by atoms with van der Waals surface area (Å²) in [5.41, 5.74) is 0. The minimum atomic E-state index is -4.60. The van der Waals surface area contributed by atoms with Crippen LogP contribution in [0.5, 0.6) is 5.75 Å². The summed E-state index contributed by atoms with van der Waals surface area (Å²) in [5.74, 6) is -2.24. The monoisotopic (exact) mass is 152 g/mol. The van der Waals surface area contributed by atoms with Gasteiger partial charge in [-0.15, -0.1) is 0 Å². The average molecular weight is 152 g/mol. The zero-order chi connectivity index (χ0) is 7.78. The zero-order valence-electron chi connectivity index (χ0n) is 4.64. The number of furan rings is 1. The molecule has 0 bridgehead atoms. The molecular formula is C5H3F3O2. The van der Waals surface area contributed by atoms with Gasteiger partial charge in [-0.25, -0.2) is 0 Å². The van der Waals surface area contributed by atoms with Gasteiger partial charge < -0.3 is 9.52 Å². The Morgan fingerprint density at radius 2 is 2.00 bits per heavy atom. The first-order valence-electron chi connectivity index (χ1n) is 2.35. The maximum absolute atomic E-state index is 11.6. The highest BCUT2D eigenvalue weighted by atomic mass is 19.4. The Hall–Kier alpha value is -1.13. The summed E-state index contributed by atoms with van der Waals surface area (Å²) in [6.07, 6.45) is -3.83. The molecule has 0 unspecified atom stereocenters. The Balaban J connectivity index is 3.05. The molecule has 0 aliphatic heterocycles. The van der Waals surface area contributed by atoms with Gasteiger partial charge in [-0.3, -0.25) is 0 Å². The van der Waals surface area contributed by atoms with E-state index in [9.17, 15) is 13.2 Å². The quantitative estimate of drug-likeness (QED) is 0.616. The highest BCUT2D eigenvalue weighted by molar-refractivity contribution is 5.24. The summed E-state index contributed by atoms with van der Waals surface area (Å²) in [4.78, 5) is 0. The second-order valence-electron chi connectivity index (χ2n) is 1.63. The van der Waals surface area contributed by atoms with Gasteiger partial charge in [0, 0.05) is 6.07 Å². The van der Waals surface area contributed by atoms with Gasteiger partial charge in [0.2, 0.25) is 5.76 Å². The molecule has 0 aliphatic rings. The molecule has 1 heterocycles. The molecule has 0 aliphatic carbocycles. The Labute approximate surface area is 53.9 Å². The first-order valence-corrected chi connectivity index (χ1v) is 2.35. The van der Waals surface area contributed by atoms with E-state index in [0.717, 1.165) is 12.3 Å². The molecule has 0 amide bonds. The number of aromatic hydroxyl groups is 1. The van der Waals surface area contributed by atoms with Crippen LogP contribution in [-0.2, 0) is 6.18 Å². The molecule has 1 N–H and O–H groups in total. The van der Waals surface area contributed by atoms with Crippen molar-refractivity contribution < 1.29 is 22.7 Å². The highest BCUT2D eigenvalue weighted by Gasteiger charge is 2.37. The summed E-state index contributed by atoms with van der Waals surface area (Å²) in [6.45, 7) is 0. The maximum atomic E-state index is 11.6. The van der Waals surface area contributed by atoms with Crippen LogP contribution in [0, 0.1) is 0 Å². The summed E-state index contributed by atoms with van der Waals surface area (Å²) in [7, 11) is 0. The molecule has 0 saturated carbocycles. The largest absolute Gasteiger partial charge is 0.504 e. The first-order chi connectivity index (χ1) is 4.52. The second-order valence-corrected chi connectivity index (χ2v) is 1.63. The van der Waals surface area contributed by atoms with E-state index in [-0.39, 0.29) is 0 Å². The van der Waals surface area contributed by atoms with Crippen molar-refractivity contribution in [2.24, 2.45) is 0 Å². The van der Waals surface area contributed by atoms with Crippen LogP contribution in [0.1, 0.15) is 5.76 Å². The van der Waals surface area contributed by atoms with E-state index in [1.54, 1.807) is 0 Å². The van der Waals surface area contributed by atoms with E-state index in [2.05, 4.69) is 4.42 Å². The lowest BCUT2D eigenvalue weighted by Gasteiger charge is -2.00. The molecule has 0 fully saturated rings. The van der Waals surface area contributed by atoms with Crippen molar-refractivity contribution in [3.8, 4) is 5.75 Å². The van der Waals surface area contributed by atoms with Crippen molar-refractivity contribution in [1.29, 1.82) is 0 Å². The molecule has 1 rings (SSSR count). The Bertz CT molecular complexity index is 225. The van der Waals surface area contributed by atoms with Crippen LogP contribution in [0.3, 0.4) is 0 Å². The first kappa shape index (κ1) is 6.98. The molecule has 0 spiro atoms. The molecule has 0 saturated heterocycles. The fourth-order valence-corrected chi connectivity index (χ4v) is 0.515. The number of halogens is 3. The third-order valence-corrected chi connectivity index (χ3v) is 0.902. The van der Waals surface area contributed by atoms with Gasteiger partial charge >= 0.3 is 6.18 Å². The molecule has 10 heavy (non-hydrogen) atoms. The second kappa shape index (κ2) is 1.93. The van der Waals surface area contributed by atoms with Crippen molar-refractivity contribution in [3.63, 3.8) is 0 Å². The minimum absolute atomic E-state index is 0.776. The smallest absolute Gasteiger partial charge is 0.453 e. The number of alkyl halides is 3. The lowest BCUT2D eigenvalue weighted by atomic mass is 10.4. The van der Waals surface area contributed by atoms with E-state index >= 15 is 0 Å². The highest BCUT2D eigenvalue weighted by Crippen LogP contribution is 2.35. The number of rotatable bonds is 0. The predicted molar refractivity (Wildman–Crippen MR) is 25.4 cm³/mol. The Morgan fingerprint density at radius 3 is 2.20 bits per heavy atom. The number of hydrogen-bond donors (Lipinski definition) is 1. The minimum Gasteiger partial charge on any atom is -0.504 e. The van der Waals surface area contributed by atoms with Crippen LogP contribution in [0.4, 0.5) is 13.2 Å². The Kier molecular flexibility index (Phi) is 1.35. The lowest BCUT2D eigenvalue weighted by Crippen LogP contribution is -2.02. The van der Waals surface area contributed by atoms with Gasteiger partial charge in [0.05, 0.1) is 6.26 Å². The van der Waals surface area contributed by atoms with Crippen molar-refractivity contribution >= 4 is 0 Å². The van der Waals surface area contributed by atoms with Crippen LogP contribution in [0.15, 0.2) is 16.7 Å². The summed E-state index contributed by atoms with van der Waals surface area (Å²) in [5, 5.41) is 8.47. The van der Waals surface area contributed by atoms with Gasteiger partial charge in [-0.2, -0.15) is 13.2 Å². The molecule has 0 aromatic carbocycles. The third kappa shape index (κ3) is 1.07. The van der Waals surface area contributed by atoms with Crippen molar-refractivity contribution in [2.45, 2.75) is 6.18 Å². The van der Waals surface area contributed by atoms with Gasteiger partial charge in [-0.1, -0.05) is 0 Å². The van der Waals surface area contributed by atoms with Crippen LogP contribution in [0.2, 0.25) is 0 Å². The molecule has 56 valence electrons. The van der Waals surface area contributed by atoms with Crippen LogP contribution in [-0.4, -0.2) is 5.11 Å². The normalized spacial score (nSPS) is 11.9. The SMILES string of the molecule is Oc1ccoc1C(F)(F)F. The van der Waals surface area contributed by atoms with E-state index < -0.39 is 17.7 Å². The van der Waals surface area contributed by atoms with Crippen LogP contribution < -0.4 is 0 Å². The summed E-state index contributed by atoms with van der Waals surface area (Å²) in [6, 6.07) is 0.836. The molecule has 2 nitrogen and oxygen atoms in total. The fourth-order valence-electron chi connectivity index (χ4n) is 0.515. The molecule has 5 heteroatoms. The van der Waals surface area contributed by atoms with Crippen LogP contribution >= 0.6 is 0 Å². The van der Waals surface area contributed by atoms with Gasteiger partial charge in [0.25, 0.3) is 0 Å².